The smallest absolute Gasteiger partial charge is 0.139 e. The van der Waals surface area contributed by atoms with Gasteiger partial charge in [0.25, 0.3) is 0 Å². The first-order valence-electron chi connectivity index (χ1n) is 6.88. The molecule has 0 spiro atoms. The van der Waals surface area contributed by atoms with E-state index in [4.69, 9.17) is 0 Å². The molecule has 0 fully saturated rings. The average Bonchev–Trinajstić information content (AvgIpc) is 2.46. The van der Waals surface area contributed by atoms with Crippen LogP contribution < -0.4 is 10.6 Å². The molecule has 0 aliphatic heterocycles. The van der Waals surface area contributed by atoms with Gasteiger partial charge >= 0.3 is 0 Å². The number of aromatic nitrogens is 2. The van der Waals surface area contributed by atoms with Crippen molar-refractivity contribution in [2.75, 3.05) is 17.2 Å². The van der Waals surface area contributed by atoms with Crippen molar-refractivity contribution in [3.8, 4) is 0 Å². The minimum Gasteiger partial charge on any atom is -0.370 e. The summed E-state index contributed by atoms with van der Waals surface area (Å²) < 4.78 is 2.01. The number of nitrogens with one attached hydrogen (secondary N) is 2. The first-order valence-corrected chi connectivity index (χ1v) is 8.47. The third-order valence-electron chi connectivity index (χ3n) is 3.04. The zero-order chi connectivity index (χ0) is 15.4. The summed E-state index contributed by atoms with van der Waals surface area (Å²) in [6, 6.07) is 6.01. The van der Waals surface area contributed by atoms with Crippen molar-refractivity contribution in [2.45, 2.75) is 27.2 Å². The zero-order valence-electron chi connectivity index (χ0n) is 12.3. The third kappa shape index (κ3) is 3.95. The van der Waals surface area contributed by atoms with Crippen molar-refractivity contribution in [1.82, 2.24) is 9.97 Å². The van der Waals surface area contributed by atoms with Gasteiger partial charge in [0.2, 0.25) is 0 Å². The van der Waals surface area contributed by atoms with Crippen LogP contribution in [0.2, 0.25) is 0 Å². The molecule has 1 aromatic carbocycles. The maximum atomic E-state index is 4.60. The Kier molecular flexibility index (Phi) is 5.58. The molecule has 0 radical (unpaired) electrons. The average molecular weight is 414 g/mol. The van der Waals surface area contributed by atoms with Crippen LogP contribution in [-0.2, 0) is 6.42 Å². The lowest BCUT2D eigenvalue weighted by molar-refractivity contribution is 0.930. The molecule has 2 N–H and O–H groups in total. The number of hydrogen-bond acceptors (Lipinski definition) is 4. The molecule has 0 bridgehead atoms. The predicted octanol–water partition coefficient (Wildman–Crippen LogP) is 5.05. The minimum atomic E-state index is 0.800. The Morgan fingerprint density at radius 1 is 1.10 bits per heavy atom. The summed E-state index contributed by atoms with van der Waals surface area (Å²) in [5.74, 6) is 2.55. The van der Waals surface area contributed by atoms with E-state index in [1.165, 1.54) is 0 Å². The Labute approximate surface area is 142 Å². The van der Waals surface area contributed by atoms with Crippen LogP contribution >= 0.6 is 31.9 Å². The minimum absolute atomic E-state index is 0.800. The Balaban J connectivity index is 2.40. The lowest BCUT2D eigenvalue weighted by Crippen LogP contribution is -2.09. The summed E-state index contributed by atoms with van der Waals surface area (Å²) in [4.78, 5) is 9.14. The molecule has 4 nitrogen and oxygen atoms in total. The second-order valence-corrected chi connectivity index (χ2v) is 6.37. The molecule has 0 aliphatic rings. The fourth-order valence-electron chi connectivity index (χ4n) is 1.90. The van der Waals surface area contributed by atoms with Crippen molar-refractivity contribution >= 4 is 49.2 Å². The molecule has 2 rings (SSSR count). The normalized spacial score (nSPS) is 10.5. The topological polar surface area (TPSA) is 49.8 Å². The maximum Gasteiger partial charge on any atom is 0.139 e. The molecule has 1 aromatic heterocycles. The molecular formula is C15H18Br2N4. The van der Waals surface area contributed by atoms with Crippen LogP contribution in [0.5, 0.6) is 0 Å². The van der Waals surface area contributed by atoms with Gasteiger partial charge in [0.1, 0.15) is 17.5 Å². The van der Waals surface area contributed by atoms with Crippen LogP contribution in [0.25, 0.3) is 0 Å². The van der Waals surface area contributed by atoms with Crippen LogP contribution in [0, 0.1) is 6.92 Å². The monoisotopic (exact) mass is 412 g/mol. The fourth-order valence-corrected chi connectivity index (χ4v) is 3.05. The van der Waals surface area contributed by atoms with Crippen LogP contribution in [0.1, 0.15) is 25.2 Å². The molecule has 6 heteroatoms. The first-order chi connectivity index (χ1) is 10.0. The lowest BCUT2D eigenvalue weighted by Gasteiger charge is -2.15. The molecule has 1 heterocycles. The van der Waals surface area contributed by atoms with E-state index in [1.54, 1.807) is 0 Å². The highest BCUT2D eigenvalue weighted by molar-refractivity contribution is 9.11. The molecule has 0 saturated heterocycles. The standard InChI is InChI=1S/C15H18Br2N4/c1-4-13-20-14(18-5-2)9(3)15(21-13)19-12-7-6-10(16)8-11(12)17/h6-8H,4-5H2,1-3H3,(H2,18,19,20,21). The number of nitrogens with zero attached hydrogens (tertiary/aromatic N) is 2. The molecule has 112 valence electrons. The van der Waals surface area contributed by atoms with Gasteiger partial charge in [-0.2, -0.15) is 0 Å². The van der Waals surface area contributed by atoms with Gasteiger partial charge in [-0.1, -0.05) is 22.9 Å². The van der Waals surface area contributed by atoms with E-state index in [1.807, 2.05) is 25.1 Å². The third-order valence-corrected chi connectivity index (χ3v) is 4.19. The summed E-state index contributed by atoms with van der Waals surface area (Å²) >= 11 is 7.02. The van der Waals surface area contributed by atoms with Gasteiger partial charge in [0, 0.05) is 27.5 Å². The predicted molar refractivity (Wildman–Crippen MR) is 95.4 cm³/mol. The van der Waals surface area contributed by atoms with Crippen molar-refractivity contribution in [3.63, 3.8) is 0 Å². The quantitative estimate of drug-likeness (QED) is 0.720. The highest BCUT2D eigenvalue weighted by Gasteiger charge is 2.11. The zero-order valence-corrected chi connectivity index (χ0v) is 15.5. The number of hydrogen-bond donors (Lipinski definition) is 2. The van der Waals surface area contributed by atoms with E-state index in [0.717, 1.165) is 50.6 Å². The van der Waals surface area contributed by atoms with Gasteiger partial charge in [-0.3, -0.25) is 0 Å². The lowest BCUT2D eigenvalue weighted by atomic mass is 10.2. The summed E-state index contributed by atoms with van der Waals surface area (Å²) in [5, 5.41) is 6.67. The van der Waals surface area contributed by atoms with Crippen LogP contribution in [0.15, 0.2) is 27.1 Å². The van der Waals surface area contributed by atoms with Crippen molar-refractivity contribution < 1.29 is 0 Å². The summed E-state index contributed by atoms with van der Waals surface area (Å²) in [6.45, 7) is 6.97. The van der Waals surface area contributed by atoms with Gasteiger partial charge < -0.3 is 10.6 Å². The van der Waals surface area contributed by atoms with E-state index in [-0.39, 0.29) is 0 Å². The second kappa shape index (κ2) is 7.22. The molecule has 0 unspecified atom stereocenters. The van der Waals surface area contributed by atoms with Crippen molar-refractivity contribution in [2.24, 2.45) is 0 Å². The highest BCUT2D eigenvalue weighted by Crippen LogP contribution is 2.30. The number of anilines is 3. The Morgan fingerprint density at radius 3 is 2.43 bits per heavy atom. The SMILES string of the molecule is CCNc1nc(CC)nc(Nc2ccc(Br)cc2Br)c1C. The van der Waals surface area contributed by atoms with Gasteiger partial charge in [-0.25, -0.2) is 9.97 Å². The molecule has 2 aromatic rings. The van der Waals surface area contributed by atoms with E-state index in [9.17, 15) is 0 Å². The summed E-state index contributed by atoms with van der Waals surface area (Å²) in [5.41, 5.74) is 1.99. The van der Waals surface area contributed by atoms with Crippen LogP contribution in [0.4, 0.5) is 17.3 Å². The Bertz CT molecular complexity index is 644. The van der Waals surface area contributed by atoms with E-state index < -0.39 is 0 Å². The number of benzene rings is 1. The van der Waals surface area contributed by atoms with E-state index in [0.29, 0.717) is 0 Å². The molecule has 0 atom stereocenters. The summed E-state index contributed by atoms with van der Waals surface area (Å²) in [7, 11) is 0. The largest absolute Gasteiger partial charge is 0.370 e. The molecule has 0 aliphatic carbocycles. The van der Waals surface area contributed by atoms with Crippen LogP contribution in [-0.4, -0.2) is 16.5 Å². The van der Waals surface area contributed by atoms with Crippen LogP contribution in [0.3, 0.4) is 0 Å². The van der Waals surface area contributed by atoms with E-state index in [2.05, 4.69) is 66.3 Å². The van der Waals surface area contributed by atoms with E-state index >= 15 is 0 Å². The molecule has 0 amide bonds. The van der Waals surface area contributed by atoms with Crippen molar-refractivity contribution in [1.29, 1.82) is 0 Å². The maximum absolute atomic E-state index is 4.60. The van der Waals surface area contributed by atoms with Gasteiger partial charge in [-0.15, -0.1) is 0 Å². The van der Waals surface area contributed by atoms with Gasteiger partial charge in [0.15, 0.2) is 0 Å². The molecule has 0 saturated carbocycles. The van der Waals surface area contributed by atoms with Crippen molar-refractivity contribution in [3.05, 3.63) is 38.5 Å². The summed E-state index contributed by atoms with van der Waals surface area (Å²) in [6.07, 6.45) is 0.800. The molecular weight excluding hydrogens is 396 g/mol. The molecule has 21 heavy (non-hydrogen) atoms. The Hall–Kier alpha value is -1.14. The first kappa shape index (κ1) is 16.2. The van der Waals surface area contributed by atoms with Gasteiger partial charge in [-0.05, 0) is 48.0 Å². The number of halogens is 2. The fraction of sp³-hybridized carbons (Fsp3) is 0.333. The van der Waals surface area contributed by atoms with Gasteiger partial charge in [0.05, 0.1) is 5.69 Å². The number of aryl methyl sites for hydroxylation is 1. The highest BCUT2D eigenvalue weighted by atomic mass is 79.9. The second-order valence-electron chi connectivity index (χ2n) is 4.60. The number of rotatable bonds is 5. The Morgan fingerprint density at radius 2 is 1.81 bits per heavy atom.